The average Bonchev–Trinajstić information content (AvgIpc) is 2.75. The van der Waals surface area contributed by atoms with Crippen LogP contribution in [0.1, 0.15) is 5.56 Å². The first-order valence-corrected chi connectivity index (χ1v) is 11.1. The number of benzene rings is 2. The zero-order valence-corrected chi connectivity index (χ0v) is 18.0. The quantitative estimate of drug-likeness (QED) is 0.495. The molecule has 0 saturated carbocycles. The molecule has 1 amide bonds. The van der Waals surface area contributed by atoms with E-state index in [9.17, 15) is 17.6 Å². The number of nitrogens with zero attached hydrogens (tertiary/aromatic N) is 1. The van der Waals surface area contributed by atoms with Crippen LogP contribution in [-0.4, -0.2) is 32.7 Å². The molecule has 3 aromatic rings. The molecule has 0 fully saturated rings. The Kier molecular flexibility index (Phi) is 7.06. The van der Waals surface area contributed by atoms with E-state index in [0.29, 0.717) is 17.0 Å². The van der Waals surface area contributed by atoms with E-state index in [4.69, 9.17) is 9.47 Å². The summed E-state index contributed by atoms with van der Waals surface area (Å²) in [6, 6.07) is 12.1. The molecule has 8 nitrogen and oxygen atoms in total. The lowest BCUT2D eigenvalue weighted by Gasteiger charge is -2.11. The first-order chi connectivity index (χ1) is 15.2. The number of amides is 1. The molecule has 0 aliphatic rings. The molecule has 0 bridgehead atoms. The standard InChI is InChI=1S/C22H20FN3O5S/c1-30-21-13-16(7-8-19(21)26-32(2,28)29)25-22(27)10-6-15-5-9-20(18(23)12-15)31-17-4-3-11-24-14-17/h3-14,26H,1-2H3,(H,25,27)/b10-6+. The largest absolute Gasteiger partial charge is 0.494 e. The summed E-state index contributed by atoms with van der Waals surface area (Å²) in [5.41, 5.74) is 1.09. The summed E-state index contributed by atoms with van der Waals surface area (Å²) in [6.07, 6.45) is 6.76. The van der Waals surface area contributed by atoms with Gasteiger partial charge in [-0.1, -0.05) is 6.07 Å². The van der Waals surface area contributed by atoms with Crippen LogP contribution >= 0.6 is 0 Å². The van der Waals surface area contributed by atoms with Crippen molar-refractivity contribution < 1.29 is 27.1 Å². The maximum absolute atomic E-state index is 14.3. The minimum atomic E-state index is -3.48. The van der Waals surface area contributed by atoms with Crippen molar-refractivity contribution in [3.63, 3.8) is 0 Å². The molecule has 0 aliphatic heterocycles. The van der Waals surface area contributed by atoms with Crippen LogP contribution in [0.25, 0.3) is 6.08 Å². The third kappa shape index (κ3) is 6.54. The zero-order valence-electron chi connectivity index (χ0n) is 17.2. The molecule has 0 atom stereocenters. The Balaban J connectivity index is 1.65. The van der Waals surface area contributed by atoms with Crippen LogP contribution in [0.5, 0.6) is 17.2 Å². The molecule has 166 valence electrons. The van der Waals surface area contributed by atoms with Gasteiger partial charge in [0, 0.05) is 24.0 Å². The van der Waals surface area contributed by atoms with Crippen molar-refractivity contribution in [1.82, 2.24) is 4.98 Å². The normalized spacial score (nSPS) is 11.2. The molecule has 1 aromatic heterocycles. The Hall–Kier alpha value is -3.92. The molecule has 0 aliphatic carbocycles. The van der Waals surface area contributed by atoms with E-state index in [0.717, 1.165) is 6.26 Å². The lowest BCUT2D eigenvalue weighted by atomic mass is 10.2. The van der Waals surface area contributed by atoms with Crippen molar-refractivity contribution in [2.45, 2.75) is 0 Å². The second-order valence-electron chi connectivity index (χ2n) is 6.59. The summed E-state index contributed by atoms with van der Waals surface area (Å²) in [5, 5.41) is 2.63. The number of anilines is 2. The van der Waals surface area contributed by atoms with Crippen molar-refractivity contribution in [2.75, 3.05) is 23.4 Å². The number of aromatic nitrogens is 1. The number of halogens is 1. The Labute approximate surface area is 184 Å². The molecule has 0 saturated heterocycles. The molecular formula is C22H20FN3O5S. The number of ether oxygens (including phenoxy) is 2. The van der Waals surface area contributed by atoms with Gasteiger partial charge in [-0.15, -0.1) is 0 Å². The fraction of sp³-hybridized carbons (Fsp3) is 0.0909. The van der Waals surface area contributed by atoms with Crippen molar-refractivity contribution in [1.29, 1.82) is 0 Å². The maximum atomic E-state index is 14.3. The van der Waals surface area contributed by atoms with Gasteiger partial charge >= 0.3 is 0 Å². The van der Waals surface area contributed by atoms with Gasteiger partial charge in [-0.05, 0) is 48.0 Å². The number of hydrogen-bond donors (Lipinski definition) is 2. The molecule has 2 N–H and O–H groups in total. The van der Waals surface area contributed by atoms with E-state index in [1.165, 1.54) is 55.8 Å². The van der Waals surface area contributed by atoms with Gasteiger partial charge in [-0.3, -0.25) is 14.5 Å². The summed E-state index contributed by atoms with van der Waals surface area (Å²) in [5.74, 6) is -0.373. The van der Waals surface area contributed by atoms with Crippen LogP contribution in [-0.2, 0) is 14.8 Å². The van der Waals surface area contributed by atoms with Crippen molar-refractivity contribution in [3.8, 4) is 17.2 Å². The highest BCUT2D eigenvalue weighted by Gasteiger charge is 2.10. The lowest BCUT2D eigenvalue weighted by molar-refractivity contribution is -0.111. The van der Waals surface area contributed by atoms with Gasteiger partial charge in [0.05, 0.1) is 25.2 Å². The molecule has 10 heteroatoms. The maximum Gasteiger partial charge on any atom is 0.248 e. The fourth-order valence-corrected chi connectivity index (χ4v) is 3.21. The van der Waals surface area contributed by atoms with E-state index in [-0.39, 0.29) is 17.2 Å². The first kappa shape index (κ1) is 22.8. The van der Waals surface area contributed by atoms with Crippen LogP contribution in [0.3, 0.4) is 0 Å². The smallest absolute Gasteiger partial charge is 0.248 e. The topological polar surface area (TPSA) is 107 Å². The Morgan fingerprint density at radius 1 is 1.12 bits per heavy atom. The van der Waals surface area contributed by atoms with Crippen molar-refractivity contribution in [2.24, 2.45) is 0 Å². The second-order valence-corrected chi connectivity index (χ2v) is 8.34. The summed E-state index contributed by atoms with van der Waals surface area (Å²) in [7, 11) is -2.10. The predicted molar refractivity (Wildman–Crippen MR) is 120 cm³/mol. The number of pyridine rings is 1. The zero-order chi connectivity index (χ0) is 23.1. The number of carbonyl (C=O) groups excluding carboxylic acids is 1. The monoisotopic (exact) mass is 457 g/mol. The summed E-state index contributed by atoms with van der Waals surface area (Å²) in [6.45, 7) is 0. The molecule has 0 radical (unpaired) electrons. The second kappa shape index (κ2) is 9.92. The summed E-state index contributed by atoms with van der Waals surface area (Å²) >= 11 is 0. The SMILES string of the molecule is COc1cc(NC(=O)/C=C/c2ccc(Oc3cccnc3)c(F)c2)ccc1NS(C)(=O)=O. The van der Waals surface area contributed by atoms with Gasteiger partial charge in [0.15, 0.2) is 11.6 Å². The minimum Gasteiger partial charge on any atom is -0.494 e. The van der Waals surface area contributed by atoms with Crippen LogP contribution in [0.4, 0.5) is 15.8 Å². The highest BCUT2D eigenvalue weighted by molar-refractivity contribution is 7.92. The van der Waals surface area contributed by atoms with Gasteiger partial charge in [-0.25, -0.2) is 12.8 Å². The number of methoxy groups -OCH3 is 1. The number of rotatable bonds is 8. The van der Waals surface area contributed by atoms with E-state index in [1.807, 2.05) is 0 Å². The average molecular weight is 457 g/mol. The van der Waals surface area contributed by atoms with E-state index in [2.05, 4.69) is 15.0 Å². The first-order valence-electron chi connectivity index (χ1n) is 9.26. The molecule has 3 rings (SSSR count). The molecule has 2 aromatic carbocycles. The van der Waals surface area contributed by atoms with Crippen molar-refractivity contribution >= 4 is 33.4 Å². The van der Waals surface area contributed by atoms with Gasteiger partial charge < -0.3 is 14.8 Å². The Morgan fingerprint density at radius 3 is 2.59 bits per heavy atom. The lowest BCUT2D eigenvalue weighted by Crippen LogP contribution is -2.11. The van der Waals surface area contributed by atoms with E-state index < -0.39 is 21.7 Å². The Morgan fingerprint density at radius 2 is 1.94 bits per heavy atom. The van der Waals surface area contributed by atoms with Crippen LogP contribution in [0.2, 0.25) is 0 Å². The number of carbonyl (C=O) groups is 1. The van der Waals surface area contributed by atoms with E-state index in [1.54, 1.807) is 24.4 Å². The summed E-state index contributed by atoms with van der Waals surface area (Å²) in [4.78, 5) is 16.1. The predicted octanol–water partition coefficient (Wildman–Crippen LogP) is 4.05. The molecule has 0 unspecified atom stereocenters. The van der Waals surface area contributed by atoms with Gasteiger partial charge in [0.25, 0.3) is 0 Å². The number of nitrogens with one attached hydrogen (secondary N) is 2. The number of hydrogen-bond acceptors (Lipinski definition) is 6. The van der Waals surface area contributed by atoms with Gasteiger partial charge in [0.2, 0.25) is 15.9 Å². The van der Waals surface area contributed by atoms with Crippen LogP contribution < -0.4 is 19.5 Å². The highest BCUT2D eigenvalue weighted by Crippen LogP contribution is 2.29. The van der Waals surface area contributed by atoms with E-state index >= 15 is 0 Å². The van der Waals surface area contributed by atoms with Crippen molar-refractivity contribution in [3.05, 3.63) is 78.4 Å². The number of sulfonamides is 1. The Bertz CT molecular complexity index is 1250. The highest BCUT2D eigenvalue weighted by atomic mass is 32.2. The molecule has 1 heterocycles. The fourth-order valence-electron chi connectivity index (χ4n) is 2.65. The van der Waals surface area contributed by atoms with Gasteiger partial charge in [0.1, 0.15) is 11.5 Å². The summed E-state index contributed by atoms with van der Waals surface area (Å²) < 4.78 is 50.0. The van der Waals surface area contributed by atoms with Crippen LogP contribution in [0, 0.1) is 5.82 Å². The molecular weight excluding hydrogens is 437 g/mol. The third-order valence-corrected chi connectivity index (χ3v) is 4.60. The van der Waals surface area contributed by atoms with Gasteiger partial charge in [-0.2, -0.15) is 0 Å². The van der Waals surface area contributed by atoms with Crippen LogP contribution in [0.15, 0.2) is 67.0 Å². The molecule has 0 spiro atoms. The third-order valence-electron chi connectivity index (χ3n) is 4.01. The minimum absolute atomic E-state index is 0.0366. The molecule has 32 heavy (non-hydrogen) atoms.